The third kappa shape index (κ3) is 3.42. The second-order valence-electron chi connectivity index (χ2n) is 4.80. The predicted octanol–water partition coefficient (Wildman–Crippen LogP) is 3.16. The zero-order chi connectivity index (χ0) is 14.0. The maximum atomic E-state index is 6.17. The Labute approximate surface area is 124 Å². The minimum Gasteiger partial charge on any atom is -0.376 e. The number of hydrogen-bond donors (Lipinski definition) is 1. The monoisotopic (exact) mass is 345 g/mol. The number of nitrogens with zero attached hydrogens (tertiary/aromatic N) is 2. The summed E-state index contributed by atoms with van der Waals surface area (Å²) in [6.45, 7) is 6.09. The Kier molecular flexibility index (Phi) is 4.39. The first-order valence-corrected chi connectivity index (χ1v) is 7.55. The standard InChI is InChI=1S/C12H16BrN3O2S/c1-7(2)17-6-12(3,14)11-15-10(18-16-11)9-8(13)4-5-19-9/h4-5,7H,6,14H2,1-3H3. The number of hydrogen-bond acceptors (Lipinski definition) is 6. The Morgan fingerprint density at radius 1 is 1.58 bits per heavy atom. The van der Waals surface area contributed by atoms with Crippen LogP contribution >= 0.6 is 27.3 Å². The second-order valence-corrected chi connectivity index (χ2v) is 6.57. The van der Waals surface area contributed by atoms with E-state index in [4.69, 9.17) is 15.0 Å². The van der Waals surface area contributed by atoms with Crippen molar-refractivity contribution in [1.29, 1.82) is 0 Å². The first-order chi connectivity index (χ1) is 8.90. The van der Waals surface area contributed by atoms with Gasteiger partial charge in [0, 0.05) is 4.47 Å². The normalized spacial score (nSPS) is 14.8. The molecule has 2 rings (SSSR count). The van der Waals surface area contributed by atoms with Gasteiger partial charge in [0.2, 0.25) is 0 Å². The fourth-order valence-electron chi connectivity index (χ4n) is 1.40. The summed E-state index contributed by atoms with van der Waals surface area (Å²) in [5.41, 5.74) is 5.40. The van der Waals surface area contributed by atoms with Crippen LogP contribution in [0, 0.1) is 0 Å². The van der Waals surface area contributed by atoms with Crippen LogP contribution in [0.4, 0.5) is 0 Å². The minimum atomic E-state index is -0.768. The van der Waals surface area contributed by atoms with Gasteiger partial charge in [0.05, 0.1) is 12.7 Å². The number of ether oxygens (including phenoxy) is 1. The molecular formula is C12H16BrN3O2S. The van der Waals surface area contributed by atoms with Crippen molar-refractivity contribution >= 4 is 27.3 Å². The maximum Gasteiger partial charge on any atom is 0.269 e. The Morgan fingerprint density at radius 2 is 2.32 bits per heavy atom. The van der Waals surface area contributed by atoms with Crippen molar-refractivity contribution < 1.29 is 9.26 Å². The van der Waals surface area contributed by atoms with Gasteiger partial charge in [-0.1, -0.05) is 5.16 Å². The SMILES string of the molecule is CC(C)OCC(C)(N)c1noc(-c2sccc2Br)n1. The van der Waals surface area contributed by atoms with Crippen molar-refractivity contribution in [3.8, 4) is 10.8 Å². The van der Waals surface area contributed by atoms with E-state index in [2.05, 4.69) is 26.1 Å². The molecule has 0 spiro atoms. The van der Waals surface area contributed by atoms with Crippen molar-refractivity contribution in [3.05, 3.63) is 21.7 Å². The van der Waals surface area contributed by atoms with E-state index in [9.17, 15) is 0 Å². The third-order valence-electron chi connectivity index (χ3n) is 2.46. The summed E-state index contributed by atoms with van der Waals surface area (Å²) in [6, 6.07) is 1.94. The molecule has 0 bridgehead atoms. The first kappa shape index (κ1) is 14.6. The first-order valence-electron chi connectivity index (χ1n) is 5.88. The smallest absolute Gasteiger partial charge is 0.269 e. The second kappa shape index (κ2) is 5.70. The van der Waals surface area contributed by atoms with Gasteiger partial charge in [0.15, 0.2) is 5.82 Å². The zero-order valence-corrected chi connectivity index (χ0v) is 13.4. The number of nitrogens with two attached hydrogens (primary N) is 1. The van der Waals surface area contributed by atoms with E-state index >= 15 is 0 Å². The lowest BCUT2D eigenvalue weighted by molar-refractivity contribution is 0.0410. The van der Waals surface area contributed by atoms with Crippen molar-refractivity contribution in [1.82, 2.24) is 10.1 Å². The summed E-state index contributed by atoms with van der Waals surface area (Å²) < 4.78 is 11.7. The Hall–Kier alpha value is -0.760. The van der Waals surface area contributed by atoms with E-state index in [0.29, 0.717) is 18.3 Å². The van der Waals surface area contributed by atoms with Crippen molar-refractivity contribution in [2.45, 2.75) is 32.4 Å². The average molecular weight is 346 g/mol. The van der Waals surface area contributed by atoms with E-state index < -0.39 is 5.54 Å². The fraction of sp³-hybridized carbons (Fsp3) is 0.500. The average Bonchev–Trinajstić information content (AvgIpc) is 2.94. The summed E-state index contributed by atoms with van der Waals surface area (Å²) in [5.74, 6) is 0.918. The highest BCUT2D eigenvalue weighted by Gasteiger charge is 2.29. The number of aromatic nitrogens is 2. The molecule has 0 amide bonds. The lowest BCUT2D eigenvalue weighted by Gasteiger charge is -2.21. The Balaban J connectivity index is 2.19. The molecule has 0 aliphatic heterocycles. The number of rotatable bonds is 5. The lowest BCUT2D eigenvalue weighted by atomic mass is 10.1. The summed E-state index contributed by atoms with van der Waals surface area (Å²) in [6.07, 6.45) is 0.112. The van der Waals surface area contributed by atoms with Crippen LogP contribution in [0.5, 0.6) is 0 Å². The molecule has 2 N–H and O–H groups in total. The molecule has 0 saturated heterocycles. The molecule has 2 aromatic heterocycles. The molecule has 19 heavy (non-hydrogen) atoms. The molecule has 7 heteroatoms. The highest BCUT2D eigenvalue weighted by molar-refractivity contribution is 9.10. The third-order valence-corrected chi connectivity index (χ3v) is 4.29. The van der Waals surface area contributed by atoms with Crippen LogP contribution in [0.3, 0.4) is 0 Å². The molecule has 0 radical (unpaired) electrons. The van der Waals surface area contributed by atoms with Gasteiger partial charge >= 0.3 is 0 Å². The predicted molar refractivity (Wildman–Crippen MR) is 77.9 cm³/mol. The van der Waals surface area contributed by atoms with Gasteiger partial charge < -0.3 is 15.0 Å². The highest BCUT2D eigenvalue weighted by Crippen LogP contribution is 2.33. The van der Waals surface area contributed by atoms with Crippen LogP contribution in [-0.2, 0) is 10.3 Å². The van der Waals surface area contributed by atoms with Gasteiger partial charge in [-0.15, -0.1) is 11.3 Å². The Bertz CT molecular complexity index is 551. The molecule has 0 aromatic carbocycles. The molecule has 5 nitrogen and oxygen atoms in total. The van der Waals surface area contributed by atoms with Gasteiger partial charge in [-0.2, -0.15) is 4.98 Å². The highest BCUT2D eigenvalue weighted by atomic mass is 79.9. The van der Waals surface area contributed by atoms with Crippen molar-refractivity contribution in [3.63, 3.8) is 0 Å². The largest absolute Gasteiger partial charge is 0.376 e. The van der Waals surface area contributed by atoms with Crippen LogP contribution < -0.4 is 5.73 Å². The summed E-state index contributed by atoms with van der Waals surface area (Å²) in [7, 11) is 0. The van der Waals surface area contributed by atoms with Crippen molar-refractivity contribution in [2.24, 2.45) is 5.73 Å². The van der Waals surface area contributed by atoms with Gasteiger partial charge in [0.25, 0.3) is 5.89 Å². The maximum absolute atomic E-state index is 6.17. The van der Waals surface area contributed by atoms with E-state index in [1.54, 1.807) is 0 Å². The van der Waals surface area contributed by atoms with E-state index in [1.165, 1.54) is 11.3 Å². The van der Waals surface area contributed by atoms with Gasteiger partial charge in [-0.25, -0.2) is 0 Å². The van der Waals surface area contributed by atoms with Gasteiger partial charge in [0.1, 0.15) is 10.4 Å². The molecule has 104 valence electrons. The number of thiophene rings is 1. The quantitative estimate of drug-likeness (QED) is 0.900. The molecule has 0 fully saturated rings. The molecule has 0 aliphatic rings. The van der Waals surface area contributed by atoms with Gasteiger partial charge in [-0.05, 0) is 48.1 Å². The van der Waals surface area contributed by atoms with Crippen LogP contribution in [0.15, 0.2) is 20.4 Å². The summed E-state index contributed by atoms with van der Waals surface area (Å²) in [5, 5.41) is 5.91. The van der Waals surface area contributed by atoms with E-state index in [-0.39, 0.29) is 6.10 Å². The number of halogens is 1. The van der Waals surface area contributed by atoms with E-state index in [0.717, 1.165) is 9.35 Å². The molecule has 0 saturated carbocycles. The molecule has 1 atom stereocenters. The van der Waals surface area contributed by atoms with Crippen molar-refractivity contribution in [2.75, 3.05) is 6.61 Å². The van der Waals surface area contributed by atoms with Crippen LogP contribution in [-0.4, -0.2) is 22.9 Å². The van der Waals surface area contributed by atoms with Crippen LogP contribution in [0.2, 0.25) is 0 Å². The van der Waals surface area contributed by atoms with Crippen LogP contribution in [0.25, 0.3) is 10.8 Å². The minimum absolute atomic E-state index is 0.112. The van der Waals surface area contributed by atoms with E-state index in [1.807, 2.05) is 32.2 Å². The molecule has 0 aliphatic carbocycles. The fourth-order valence-corrected chi connectivity index (χ4v) is 2.86. The van der Waals surface area contributed by atoms with Gasteiger partial charge in [-0.3, -0.25) is 0 Å². The molecule has 2 aromatic rings. The topological polar surface area (TPSA) is 74.2 Å². The lowest BCUT2D eigenvalue weighted by Crippen LogP contribution is -2.40. The summed E-state index contributed by atoms with van der Waals surface area (Å²) in [4.78, 5) is 5.26. The molecule has 2 heterocycles. The summed E-state index contributed by atoms with van der Waals surface area (Å²) >= 11 is 4.97. The zero-order valence-electron chi connectivity index (χ0n) is 11.0. The molecular weight excluding hydrogens is 330 g/mol. The molecule has 1 unspecified atom stereocenters. The van der Waals surface area contributed by atoms with Crippen LogP contribution in [0.1, 0.15) is 26.6 Å². The Morgan fingerprint density at radius 3 is 2.89 bits per heavy atom.